The third kappa shape index (κ3) is 3.81. The summed E-state index contributed by atoms with van der Waals surface area (Å²) in [6, 6.07) is 2.32. The van der Waals surface area contributed by atoms with Gasteiger partial charge in [0.2, 0.25) is 5.91 Å². The Bertz CT molecular complexity index is 845. The summed E-state index contributed by atoms with van der Waals surface area (Å²) in [4.78, 5) is 16.7. The first-order valence-electron chi connectivity index (χ1n) is 9.75. The molecule has 0 N–H and O–H groups in total. The zero-order valence-electron chi connectivity index (χ0n) is 16.6. The second kappa shape index (κ2) is 7.24. The molecule has 2 aliphatic rings. The molecule has 1 fully saturated rings. The number of nitrogens with zero attached hydrogens (tertiary/aromatic N) is 4. The van der Waals surface area contributed by atoms with Gasteiger partial charge in [0.1, 0.15) is 0 Å². The Morgan fingerprint density at radius 2 is 2.11 bits per heavy atom. The van der Waals surface area contributed by atoms with Gasteiger partial charge in [-0.2, -0.15) is 0 Å². The number of hydrogen-bond donors (Lipinski definition) is 0. The van der Waals surface area contributed by atoms with E-state index in [1.165, 1.54) is 46.3 Å². The lowest BCUT2D eigenvalue weighted by molar-refractivity contribution is -0.131. The van der Waals surface area contributed by atoms with E-state index in [1.807, 2.05) is 27.9 Å². The molecule has 1 unspecified atom stereocenters. The third-order valence-corrected chi connectivity index (χ3v) is 8.13. The van der Waals surface area contributed by atoms with E-state index < -0.39 is 0 Å². The van der Waals surface area contributed by atoms with Gasteiger partial charge in [0.25, 0.3) is 0 Å². The van der Waals surface area contributed by atoms with Gasteiger partial charge < -0.3 is 9.47 Å². The van der Waals surface area contributed by atoms with Crippen molar-refractivity contribution in [3.63, 3.8) is 0 Å². The standard InChI is InChI=1S/C20H28N4OS2/c1-20(2,3)14-6-7-15-13(10-14)11-16(27-15)18-21-22-19(23(18)4)26-12-17(25)24-8-5-9-24/h11,14H,5-10,12H2,1-4H3. The van der Waals surface area contributed by atoms with E-state index in [2.05, 4.69) is 37.0 Å². The van der Waals surface area contributed by atoms with Crippen LogP contribution in [0.4, 0.5) is 0 Å². The van der Waals surface area contributed by atoms with Crippen LogP contribution in [0.2, 0.25) is 0 Å². The first-order valence-corrected chi connectivity index (χ1v) is 11.5. The Kier molecular flexibility index (Phi) is 5.10. The van der Waals surface area contributed by atoms with Crippen LogP contribution in [0, 0.1) is 11.3 Å². The van der Waals surface area contributed by atoms with Gasteiger partial charge in [-0.25, -0.2) is 0 Å². The number of thiophene rings is 1. The zero-order chi connectivity index (χ0) is 19.2. The quantitative estimate of drug-likeness (QED) is 0.722. The highest BCUT2D eigenvalue weighted by molar-refractivity contribution is 7.99. The fourth-order valence-electron chi connectivity index (χ4n) is 3.81. The monoisotopic (exact) mass is 404 g/mol. The molecule has 146 valence electrons. The largest absolute Gasteiger partial charge is 0.342 e. The maximum Gasteiger partial charge on any atom is 0.233 e. The number of likely N-dealkylation sites (tertiary alicyclic amines) is 1. The topological polar surface area (TPSA) is 51.0 Å². The maximum atomic E-state index is 12.1. The molecule has 2 aromatic rings. The Morgan fingerprint density at radius 3 is 2.78 bits per heavy atom. The molecule has 4 rings (SSSR count). The second-order valence-electron chi connectivity index (χ2n) is 8.75. The van der Waals surface area contributed by atoms with Crippen molar-refractivity contribution in [2.75, 3.05) is 18.8 Å². The minimum absolute atomic E-state index is 0.204. The minimum atomic E-state index is 0.204. The molecule has 2 aromatic heterocycles. The van der Waals surface area contributed by atoms with Gasteiger partial charge in [-0.15, -0.1) is 21.5 Å². The Balaban J connectivity index is 1.48. The highest BCUT2D eigenvalue weighted by Crippen LogP contribution is 2.42. The molecule has 1 atom stereocenters. The van der Waals surface area contributed by atoms with Gasteiger partial charge >= 0.3 is 0 Å². The number of carbonyl (C=O) groups is 1. The molecule has 0 radical (unpaired) electrons. The third-order valence-electron chi connectivity index (χ3n) is 5.90. The Morgan fingerprint density at radius 1 is 1.33 bits per heavy atom. The van der Waals surface area contributed by atoms with Crippen LogP contribution in [-0.2, 0) is 24.7 Å². The van der Waals surface area contributed by atoms with Gasteiger partial charge in [-0.05, 0) is 48.6 Å². The summed E-state index contributed by atoms with van der Waals surface area (Å²) in [6.07, 6.45) is 4.74. The summed E-state index contributed by atoms with van der Waals surface area (Å²) >= 11 is 3.35. The van der Waals surface area contributed by atoms with Gasteiger partial charge in [0.05, 0.1) is 10.6 Å². The van der Waals surface area contributed by atoms with Crippen molar-refractivity contribution in [1.82, 2.24) is 19.7 Å². The summed E-state index contributed by atoms with van der Waals surface area (Å²) in [5.41, 5.74) is 1.85. The van der Waals surface area contributed by atoms with Crippen molar-refractivity contribution in [3.8, 4) is 10.7 Å². The van der Waals surface area contributed by atoms with Crippen molar-refractivity contribution in [2.45, 2.75) is 51.6 Å². The fourth-order valence-corrected chi connectivity index (χ4v) is 5.85. The average molecular weight is 405 g/mol. The molecule has 1 saturated heterocycles. The van der Waals surface area contributed by atoms with E-state index in [4.69, 9.17) is 0 Å². The second-order valence-corrected chi connectivity index (χ2v) is 10.8. The summed E-state index contributed by atoms with van der Waals surface area (Å²) in [5.74, 6) is 2.31. The first kappa shape index (κ1) is 19.0. The van der Waals surface area contributed by atoms with Gasteiger partial charge in [-0.3, -0.25) is 4.79 Å². The number of carbonyl (C=O) groups excluding carboxylic acids is 1. The zero-order valence-corrected chi connectivity index (χ0v) is 18.3. The van der Waals surface area contributed by atoms with Crippen LogP contribution in [0.25, 0.3) is 10.7 Å². The van der Waals surface area contributed by atoms with Gasteiger partial charge in [0, 0.05) is 25.0 Å². The van der Waals surface area contributed by atoms with E-state index in [-0.39, 0.29) is 5.91 Å². The van der Waals surface area contributed by atoms with E-state index >= 15 is 0 Å². The van der Waals surface area contributed by atoms with E-state index in [9.17, 15) is 4.79 Å². The molecule has 27 heavy (non-hydrogen) atoms. The van der Waals surface area contributed by atoms with Crippen LogP contribution < -0.4 is 0 Å². The molecule has 0 bridgehead atoms. The van der Waals surface area contributed by atoms with Crippen LogP contribution in [0.3, 0.4) is 0 Å². The molecule has 0 spiro atoms. The lowest BCUT2D eigenvalue weighted by atomic mass is 9.72. The van der Waals surface area contributed by atoms with Crippen LogP contribution >= 0.6 is 23.1 Å². The number of thioether (sulfide) groups is 1. The summed E-state index contributed by atoms with van der Waals surface area (Å²) < 4.78 is 2.03. The molecule has 7 heteroatoms. The van der Waals surface area contributed by atoms with Gasteiger partial charge in [-0.1, -0.05) is 32.5 Å². The van der Waals surface area contributed by atoms with E-state index in [1.54, 1.807) is 0 Å². The highest BCUT2D eigenvalue weighted by Gasteiger charge is 2.30. The highest BCUT2D eigenvalue weighted by atomic mass is 32.2. The van der Waals surface area contributed by atoms with Gasteiger partial charge in [0.15, 0.2) is 11.0 Å². The first-order chi connectivity index (χ1) is 12.8. The Labute approximate surface area is 169 Å². The Hall–Kier alpha value is -1.34. The number of fused-ring (bicyclic) bond motifs is 1. The molecule has 1 aliphatic carbocycles. The van der Waals surface area contributed by atoms with Crippen molar-refractivity contribution < 1.29 is 4.79 Å². The fraction of sp³-hybridized carbons (Fsp3) is 0.650. The van der Waals surface area contributed by atoms with E-state index in [0.717, 1.165) is 36.4 Å². The molecular weight excluding hydrogens is 376 g/mol. The normalized spacial score (nSPS) is 19.7. The molecule has 5 nitrogen and oxygen atoms in total. The number of aromatic nitrogens is 3. The molecule has 3 heterocycles. The SMILES string of the molecule is Cn1c(SCC(=O)N2CCC2)nnc1-c1cc2c(s1)CCC(C(C)(C)C)C2. The van der Waals surface area contributed by atoms with Crippen LogP contribution in [0.1, 0.15) is 44.1 Å². The van der Waals surface area contributed by atoms with Crippen molar-refractivity contribution >= 4 is 29.0 Å². The van der Waals surface area contributed by atoms with Crippen LogP contribution in [0.5, 0.6) is 0 Å². The van der Waals surface area contributed by atoms with E-state index in [0.29, 0.717) is 11.2 Å². The molecule has 0 saturated carbocycles. The molecule has 1 amide bonds. The molecule has 1 aliphatic heterocycles. The minimum Gasteiger partial charge on any atom is -0.342 e. The maximum absolute atomic E-state index is 12.1. The summed E-state index contributed by atoms with van der Waals surface area (Å²) in [7, 11) is 2.00. The van der Waals surface area contributed by atoms with Crippen LogP contribution in [0.15, 0.2) is 11.2 Å². The smallest absolute Gasteiger partial charge is 0.233 e. The van der Waals surface area contributed by atoms with Crippen molar-refractivity contribution in [1.29, 1.82) is 0 Å². The lowest BCUT2D eigenvalue weighted by Crippen LogP contribution is -2.43. The van der Waals surface area contributed by atoms with Crippen molar-refractivity contribution in [2.24, 2.45) is 18.4 Å². The number of amides is 1. The predicted octanol–water partition coefficient (Wildman–Crippen LogP) is 4.02. The van der Waals surface area contributed by atoms with Crippen LogP contribution in [-0.4, -0.2) is 44.4 Å². The van der Waals surface area contributed by atoms with Crippen molar-refractivity contribution in [3.05, 3.63) is 16.5 Å². The number of rotatable bonds is 4. The predicted molar refractivity (Wildman–Crippen MR) is 111 cm³/mol. The number of hydrogen-bond acceptors (Lipinski definition) is 5. The summed E-state index contributed by atoms with van der Waals surface area (Å²) in [6.45, 7) is 8.86. The number of aryl methyl sites for hydroxylation is 1. The average Bonchev–Trinajstić information content (AvgIpc) is 3.12. The lowest BCUT2D eigenvalue weighted by Gasteiger charge is -2.33. The molecule has 0 aromatic carbocycles. The summed E-state index contributed by atoms with van der Waals surface area (Å²) in [5, 5.41) is 9.59. The molecular formula is C20H28N4OS2.